The number of ether oxygens (including phenoxy) is 1. The molecule has 2 heterocycles. The molecular weight excluding hydrogens is 531 g/mol. The van der Waals surface area contributed by atoms with Crippen LogP contribution in [0.2, 0.25) is 0 Å². The van der Waals surface area contributed by atoms with Crippen molar-refractivity contribution in [2.75, 3.05) is 37.3 Å². The van der Waals surface area contributed by atoms with E-state index in [0.717, 1.165) is 65.7 Å². The first kappa shape index (κ1) is 28.4. The third-order valence-electron chi connectivity index (χ3n) is 7.36. The molecular formula is C31H32F3N5O2. The van der Waals surface area contributed by atoms with Gasteiger partial charge in [0.1, 0.15) is 11.9 Å². The monoisotopic (exact) mass is 563 g/mol. The molecule has 1 aliphatic rings. The van der Waals surface area contributed by atoms with Crippen molar-refractivity contribution < 1.29 is 22.7 Å². The molecule has 2 N–H and O–H groups in total. The van der Waals surface area contributed by atoms with Crippen LogP contribution in [0.1, 0.15) is 41.3 Å². The van der Waals surface area contributed by atoms with Gasteiger partial charge in [0, 0.05) is 30.9 Å². The first-order valence-corrected chi connectivity index (χ1v) is 13.6. The number of amides is 1. The van der Waals surface area contributed by atoms with Crippen LogP contribution >= 0.6 is 0 Å². The molecule has 3 aromatic carbocycles. The predicted octanol–water partition coefficient (Wildman–Crippen LogP) is 6.78. The van der Waals surface area contributed by atoms with Crippen LogP contribution < -0.4 is 15.4 Å². The molecule has 7 nitrogen and oxygen atoms in total. The molecule has 0 saturated carbocycles. The summed E-state index contributed by atoms with van der Waals surface area (Å²) in [6.45, 7) is 6.48. The highest BCUT2D eigenvalue weighted by Crippen LogP contribution is 2.35. The molecule has 5 rings (SSSR count). The van der Waals surface area contributed by atoms with Gasteiger partial charge in [-0.05, 0) is 92.0 Å². The minimum atomic E-state index is -4.60. The number of carbonyl (C=O) groups excluding carboxylic acids is 1. The fourth-order valence-electron chi connectivity index (χ4n) is 5.09. The Kier molecular flexibility index (Phi) is 8.12. The van der Waals surface area contributed by atoms with Crippen molar-refractivity contribution in [1.82, 2.24) is 14.9 Å². The van der Waals surface area contributed by atoms with Gasteiger partial charge >= 0.3 is 6.18 Å². The van der Waals surface area contributed by atoms with E-state index in [1.54, 1.807) is 19.3 Å². The Morgan fingerprint density at radius 1 is 1.12 bits per heavy atom. The van der Waals surface area contributed by atoms with E-state index in [1.807, 2.05) is 37.3 Å². The SMILES string of the molecule is CCN1CCC[C@H](Oc2ccc(C(F)(F)F)cc2C(=O)Nc2ccc(C)c(-c3ccc4nc(NC)ncc4c3)c2)C1. The second kappa shape index (κ2) is 11.7. The smallest absolute Gasteiger partial charge is 0.416 e. The number of nitrogens with zero attached hydrogens (tertiary/aromatic N) is 3. The van der Waals surface area contributed by atoms with Crippen LogP contribution in [-0.4, -0.2) is 53.6 Å². The summed E-state index contributed by atoms with van der Waals surface area (Å²) in [5.74, 6) is -0.00733. The number of piperidine rings is 1. The normalized spacial score (nSPS) is 16.0. The molecule has 1 fully saturated rings. The van der Waals surface area contributed by atoms with Gasteiger partial charge in [-0.1, -0.05) is 19.1 Å². The molecule has 0 bridgehead atoms. The first-order chi connectivity index (χ1) is 19.6. The first-order valence-electron chi connectivity index (χ1n) is 13.6. The zero-order valence-corrected chi connectivity index (χ0v) is 23.2. The summed E-state index contributed by atoms with van der Waals surface area (Å²) in [7, 11) is 1.75. The molecule has 0 aliphatic carbocycles. The Bertz CT molecular complexity index is 1570. The molecule has 1 atom stereocenters. The van der Waals surface area contributed by atoms with E-state index in [1.165, 1.54) is 6.07 Å². The molecule has 10 heteroatoms. The number of carbonyl (C=O) groups is 1. The minimum Gasteiger partial charge on any atom is -0.488 e. The number of halogens is 3. The molecule has 0 spiro atoms. The summed E-state index contributed by atoms with van der Waals surface area (Å²) in [5.41, 5.74) is 2.91. The number of benzene rings is 3. The summed E-state index contributed by atoms with van der Waals surface area (Å²) in [4.78, 5) is 24.4. The molecule has 1 aromatic heterocycles. The van der Waals surface area contributed by atoms with E-state index in [-0.39, 0.29) is 17.4 Å². The van der Waals surface area contributed by atoms with Crippen LogP contribution in [0, 0.1) is 6.92 Å². The highest BCUT2D eigenvalue weighted by Gasteiger charge is 2.33. The zero-order valence-electron chi connectivity index (χ0n) is 23.2. The number of fused-ring (bicyclic) bond motifs is 1. The Morgan fingerprint density at radius 3 is 2.71 bits per heavy atom. The van der Waals surface area contributed by atoms with E-state index in [4.69, 9.17) is 4.74 Å². The molecule has 1 aliphatic heterocycles. The van der Waals surface area contributed by atoms with E-state index in [9.17, 15) is 18.0 Å². The Hall–Kier alpha value is -4.18. The number of nitrogens with one attached hydrogen (secondary N) is 2. The topological polar surface area (TPSA) is 79.4 Å². The van der Waals surface area contributed by atoms with Crippen molar-refractivity contribution in [1.29, 1.82) is 0 Å². The number of hydrogen-bond donors (Lipinski definition) is 2. The number of alkyl halides is 3. The van der Waals surface area contributed by atoms with Crippen molar-refractivity contribution in [3.8, 4) is 16.9 Å². The number of likely N-dealkylation sites (N-methyl/N-ethyl adjacent to an activating group) is 1. The van der Waals surface area contributed by atoms with E-state index >= 15 is 0 Å². The lowest BCUT2D eigenvalue weighted by Crippen LogP contribution is -2.41. The van der Waals surface area contributed by atoms with Gasteiger partial charge in [-0.25, -0.2) is 9.97 Å². The van der Waals surface area contributed by atoms with Gasteiger partial charge in [-0.2, -0.15) is 13.2 Å². The largest absolute Gasteiger partial charge is 0.488 e. The van der Waals surface area contributed by atoms with Gasteiger partial charge in [0.2, 0.25) is 5.95 Å². The molecule has 1 amide bonds. The number of hydrogen-bond acceptors (Lipinski definition) is 6. The fraction of sp³-hybridized carbons (Fsp3) is 0.323. The Balaban J connectivity index is 1.44. The molecule has 0 radical (unpaired) electrons. The van der Waals surface area contributed by atoms with Crippen molar-refractivity contribution in [3.63, 3.8) is 0 Å². The van der Waals surface area contributed by atoms with E-state index < -0.39 is 17.6 Å². The van der Waals surface area contributed by atoms with Crippen LogP contribution in [0.4, 0.5) is 24.8 Å². The maximum absolute atomic E-state index is 13.6. The number of likely N-dealkylation sites (tertiary alicyclic amines) is 1. The summed E-state index contributed by atoms with van der Waals surface area (Å²) in [6, 6.07) is 14.3. The van der Waals surface area contributed by atoms with E-state index in [0.29, 0.717) is 18.2 Å². The number of anilines is 2. The van der Waals surface area contributed by atoms with Crippen molar-refractivity contribution in [2.45, 2.75) is 39.0 Å². The average Bonchev–Trinajstić information content (AvgIpc) is 2.97. The quantitative estimate of drug-likeness (QED) is 0.258. The second-order valence-electron chi connectivity index (χ2n) is 10.2. The summed E-state index contributed by atoms with van der Waals surface area (Å²) < 4.78 is 46.9. The standard InChI is InChI=1S/C31H32F3N5O2/c1-4-39-13-5-6-24(18-39)41-28-12-9-22(31(32,33)34)15-26(28)29(40)37-23-10-7-19(2)25(16-23)20-8-11-27-21(14-20)17-36-30(35-3)38-27/h7-12,14-17,24H,4-6,13,18H2,1-3H3,(H,37,40)(H,35,36,38)/t24-/m0/s1. The molecule has 0 unspecified atom stereocenters. The van der Waals surface area contributed by atoms with Crippen LogP contribution in [0.5, 0.6) is 5.75 Å². The average molecular weight is 564 g/mol. The molecule has 4 aromatic rings. The number of aryl methyl sites for hydroxylation is 1. The molecule has 1 saturated heterocycles. The summed E-state index contributed by atoms with van der Waals surface area (Å²) in [6.07, 6.45) is -1.38. The highest BCUT2D eigenvalue weighted by molar-refractivity contribution is 6.06. The third-order valence-corrected chi connectivity index (χ3v) is 7.36. The van der Waals surface area contributed by atoms with Crippen molar-refractivity contribution >= 4 is 28.4 Å². The van der Waals surface area contributed by atoms with Gasteiger partial charge in [-0.3, -0.25) is 9.69 Å². The summed E-state index contributed by atoms with van der Waals surface area (Å²) >= 11 is 0. The highest BCUT2D eigenvalue weighted by atomic mass is 19.4. The Morgan fingerprint density at radius 2 is 1.95 bits per heavy atom. The van der Waals surface area contributed by atoms with E-state index in [2.05, 4.69) is 32.4 Å². The lowest BCUT2D eigenvalue weighted by atomic mass is 9.98. The second-order valence-corrected chi connectivity index (χ2v) is 10.2. The van der Waals surface area contributed by atoms with Gasteiger partial charge in [0.25, 0.3) is 5.91 Å². The lowest BCUT2D eigenvalue weighted by molar-refractivity contribution is -0.137. The zero-order chi connectivity index (χ0) is 29.1. The summed E-state index contributed by atoms with van der Waals surface area (Å²) in [5, 5.41) is 6.57. The minimum absolute atomic E-state index is 0.140. The molecule has 214 valence electrons. The van der Waals surface area contributed by atoms with Gasteiger partial charge in [-0.15, -0.1) is 0 Å². The van der Waals surface area contributed by atoms with Crippen LogP contribution in [-0.2, 0) is 6.18 Å². The fourth-order valence-corrected chi connectivity index (χ4v) is 5.09. The number of aromatic nitrogens is 2. The van der Waals surface area contributed by atoms with Gasteiger partial charge < -0.3 is 15.4 Å². The van der Waals surface area contributed by atoms with Crippen LogP contribution in [0.15, 0.2) is 60.8 Å². The Labute approximate surface area is 236 Å². The number of rotatable bonds is 7. The van der Waals surface area contributed by atoms with Crippen LogP contribution in [0.25, 0.3) is 22.0 Å². The van der Waals surface area contributed by atoms with Crippen molar-refractivity contribution in [2.24, 2.45) is 0 Å². The molecule has 41 heavy (non-hydrogen) atoms. The van der Waals surface area contributed by atoms with Crippen molar-refractivity contribution in [3.05, 3.63) is 77.5 Å². The maximum atomic E-state index is 13.6. The third kappa shape index (κ3) is 6.43. The lowest BCUT2D eigenvalue weighted by Gasteiger charge is -2.32. The van der Waals surface area contributed by atoms with Gasteiger partial charge in [0.05, 0.1) is 16.6 Å². The predicted molar refractivity (Wildman–Crippen MR) is 154 cm³/mol. The van der Waals surface area contributed by atoms with Gasteiger partial charge in [0.15, 0.2) is 0 Å². The maximum Gasteiger partial charge on any atom is 0.416 e. The van der Waals surface area contributed by atoms with Crippen LogP contribution in [0.3, 0.4) is 0 Å².